The van der Waals surface area contributed by atoms with Crippen LogP contribution in [0.15, 0.2) is 42.5 Å². The first kappa shape index (κ1) is 12.4. The van der Waals surface area contributed by atoms with Gasteiger partial charge in [-0.05, 0) is 30.7 Å². The van der Waals surface area contributed by atoms with E-state index in [1.165, 1.54) is 0 Å². The normalized spacial score (nSPS) is 10.7. The summed E-state index contributed by atoms with van der Waals surface area (Å²) in [6.07, 6.45) is 0. The Hall–Kier alpha value is -2.62. The zero-order valence-corrected chi connectivity index (χ0v) is 11.4. The second-order valence-corrected chi connectivity index (χ2v) is 4.63. The number of fused-ring (bicyclic) bond motifs is 1. The van der Waals surface area contributed by atoms with Gasteiger partial charge in [0.2, 0.25) is 0 Å². The van der Waals surface area contributed by atoms with Crippen molar-refractivity contribution in [2.24, 2.45) is 0 Å². The van der Waals surface area contributed by atoms with Crippen molar-refractivity contribution >= 4 is 16.7 Å². The van der Waals surface area contributed by atoms with Gasteiger partial charge in [-0.15, -0.1) is 0 Å². The molecule has 0 saturated carbocycles. The third kappa shape index (κ3) is 2.05. The lowest BCUT2D eigenvalue weighted by atomic mass is 10.1. The summed E-state index contributed by atoms with van der Waals surface area (Å²) in [7, 11) is 1.64. The molecule has 0 fully saturated rings. The molecule has 0 atom stereocenters. The molecule has 0 aliphatic heterocycles. The molecule has 0 radical (unpaired) electrons. The predicted molar refractivity (Wildman–Crippen MR) is 80.7 cm³/mol. The van der Waals surface area contributed by atoms with E-state index in [9.17, 15) is 0 Å². The Morgan fingerprint density at radius 3 is 2.65 bits per heavy atom. The lowest BCUT2D eigenvalue weighted by Gasteiger charge is -2.08. The lowest BCUT2D eigenvalue weighted by Crippen LogP contribution is -1.99. The van der Waals surface area contributed by atoms with E-state index in [2.05, 4.69) is 9.97 Å². The maximum Gasteiger partial charge on any atom is 0.162 e. The molecule has 0 spiro atoms. The minimum absolute atomic E-state index is 0.505. The molecule has 1 aromatic heterocycles. The number of rotatable bonds is 2. The fourth-order valence-electron chi connectivity index (χ4n) is 2.28. The Kier molecular flexibility index (Phi) is 2.99. The van der Waals surface area contributed by atoms with Crippen LogP contribution in [0.5, 0.6) is 5.75 Å². The molecular weight excluding hydrogens is 250 g/mol. The third-order valence-corrected chi connectivity index (χ3v) is 3.29. The number of hydrogen-bond acceptors (Lipinski definition) is 4. The Bertz CT molecular complexity index is 784. The Morgan fingerprint density at radius 1 is 1.05 bits per heavy atom. The summed E-state index contributed by atoms with van der Waals surface area (Å²) in [5, 5.41) is 0.916. The number of aromatic nitrogens is 2. The highest BCUT2D eigenvalue weighted by Crippen LogP contribution is 2.27. The fourth-order valence-corrected chi connectivity index (χ4v) is 2.28. The number of methoxy groups -OCH3 is 1. The quantitative estimate of drug-likeness (QED) is 0.773. The van der Waals surface area contributed by atoms with Gasteiger partial charge in [-0.3, -0.25) is 0 Å². The van der Waals surface area contributed by atoms with Crippen molar-refractivity contribution < 1.29 is 4.74 Å². The standard InChI is InChI=1S/C16H15N3O/c1-10-5-3-8-13-14(10)15(17)19-16(18-13)11-6-4-7-12(9-11)20-2/h3-9H,1-2H3,(H2,17,18,19). The molecular formula is C16H15N3O. The van der Waals surface area contributed by atoms with Crippen molar-refractivity contribution in [3.05, 3.63) is 48.0 Å². The van der Waals surface area contributed by atoms with Crippen LogP contribution in [0.1, 0.15) is 5.56 Å². The predicted octanol–water partition coefficient (Wildman–Crippen LogP) is 3.20. The first-order chi connectivity index (χ1) is 9.69. The minimum atomic E-state index is 0.505. The van der Waals surface area contributed by atoms with Gasteiger partial charge in [0.05, 0.1) is 12.6 Å². The zero-order valence-electron chi connectivity index (χ0n) is 11.4. The Morgan fingerprint density at radius 2 is 1.85 bits per heavy atom. The largest absolute Gasteiger partial charge is 0.497 e. The molecule has 0 aliphatic carbocycles. The lowest BCUT2D eigenvalue weighted by molar-refractivity contribution is 0.415. The monoisotopic (exact) mass is 265 g/mol. The molecule has 0 aliphatic rings. The molecule has 0 unspecified atom stereocenters. The maximum absolute atomic E-state index is 6.08. The van der Waals surface area contributed by atoms with E-state index in [0.29, 0.717) is 11.6 Å². The highest BCUT2D eigenvalue weighted by Gasteiger charge is 2.09. The van der Waals surface area contributed by atoms with Gasteiger partial charge < -0.3 is 10.5 Å². The molecule has 2 N–H and O–H groups in total. The molecule has 0 amide bonds. The van der Waals surface area contributed by atoms with Gasteiger partial charge in [-0.25, -0.2) is 9.97 Å². The highest BCUT2D eigenvalue weighted by atomic mass is 16.5. The molecule has 20 heavy (non-hydrogen) atoms. The summed E-state index contributed by atoms with van der Waals surface area (Å²) >= 11 is 0. The summed E-state index contributed by atoms with van der Waals surface area (Å²) in [5.74, 6) is 1.89. The first-order valence-electron chi connectivity index (χ1n) is 6.36. The molecule has 0 bridgehead atoms. The number of hydrogen-bond donors (Lipinski definition) is 1. The molecule has 4 nitrogen and oxygen atoms in total. The number of nitrogen functional groups attached to an aromatic ring is 1. The van der Waals surface area contributed by atoms with E-state index in [-0.39, 0.29) is 0 Å². The van der Waals surface area contributed by atoms with Crippen molar-refractivity contribution in [1.29, 1.82) is 0 Å². The summed E-state index contributed by atoms with van der Waals surface area (Å²) < 4.78 is 5.23. The van der Waals surface area contributed by atoms with Crippen LogP contribution >= 0.6 is 0 Å². The molecule has 3 aromatic rings. The van der Waals surface area contributed by atoms with Crippen molar-refractivity contribution in [2.45, 2.75) is 6.92 Å². The molecule has 3 rings (SSSR count). The number of nitrogens with two attached hydrogens (primary N) is 1. The van der Waals surface area contributed by atoms with Crippen LogP contribution in [0.3, 0.4) is 0 Å². The SMILES string of the molecule is COc1cccc(-c2nc(N)c3c(C)cccc3n2)c1. The molecule has 1 heterocycles. The summed E-state index contributed by atoms with van der Waals surface area (Å²) in [6, 6.07) is 13.6. The van der Waals surface area contributed by atoms with Gasteiger partial charge in [-0.1, -0.05) is 24.3 Å². The van der Waals surface area contributed by atoms with E-state index in [0.717, 1.165) is 27.8 Å². The summed E-state index contributed by atoms with van der Waals surface area (Å²) in [6.45, 7) is 2.01. The molecule has 4 heteroatoms. The van der Waals surface area contributed by atoms with Crippen LogP contribution < -0.4 is 10.5 Å². The van der Waals surface area contributed by atoms with Crippen molar-refractivity contribution in [2.75, 3.05) is 12.8 Å². The smallest absolute Gasteiger partial charge is 0.162 e. The van der Waals surface area contributed by atoms with E-state index >= 15 is 0 Å². The number of ether oxygens (including phenoxy) is 1. The maximum atomic E-state index is 6.08. The van der Waals surface area contributed by atoms with Crippen molar-refractivity contribution in [3.8, 4) is 17.1 Å². The minimum Gasteiger partial charge on any atom is -0.497 e. The fraction of sp³-hybridized carbons (Fsp3) is 0.125. The molecule has 0 saturated heterocycles. The van der Waals surface area contributed by atoms with Crippen LogP contribution in [-0.2, 0) is 0 Å². The first-order valence-corrected chi connectivity index (χ1v) is 6.36. The van der Waals surface area contributed by atoms with Gasteiger partial charge in [0.1, 0.15) is 11.6 Å². The van der Waals surface area contributed by atoms with Gasteiger partial charge in [0, 0.05) is 10.9 Å². The average Bonchev–Trinajstić information content (AvgIpc) is 2.47. The average molecular weight is 265 g/mol. The molecule has 2 aromatic carbocycles. The zero-order chi connectivity index (χ0) is 14.1. The Balaban J connectivity index is 2.22. The number of aryl methyl sites for hydroxylation is 1. The van der Waals surface area contributed by atoms with Gasteiger partial charge in [0.25, 0.3) is 0 Å². The number of anilines is 1. The van der Waals surface area contributed by atoms with Crippen LogP contribution in [0.4, 0.5) is 5.82 Å². The number of nitrogens with zero attached hydrogens (tertiary/aromatic N) is 2. The van der Waals surface area contributed by atoms with E-state index in [1.807, 2.05) is 49.4 Å². The van der Waals surface area contributed by atoms with Gasteiger partial charge in [-0.2, -0.15) is 0 Å². The van der Waals surface area contributed by atoms with Gasteiger partial charge in [0.15, 0.2) is 5.82 Å². The Labute approximate surface area is 117 Å². The van der Waals surface area contributed by atoms with Crippen LogP contribution in [0, 0.1) is 6.92 Å². The topological polar surface area (TPSA) is 61.0 Å². The van der Waals surface area contributed by atoms with Crippen molar-refractivity contribution in [3.63, 3.8) is 0 Å². The van der Waals surface area contributed by atoms with Crippen LogP contribution in [0.2, 0.25) is 0 Å². The second-order valence-electron chi connectivity index (χ2n) is 4.63. The van der Waals surface area contributed by atoms with Crippen LogP contribution in [0.25, 0.3) is 22.3 Å². The highest BCUT2D eigenvalue weighted by molar-refractivity contribution is 5.92. The summed E-state index contributed by atoms with van der Waals surface area (Å²) in [4.78, 5) is 9.01. The number of benzene rings is 2. The summed E-state index contributed by atoms with van der Waals surface area (Å²) in [5.41, 5.74) is 8.91. The van der Waals surface area contributed by atoms with E-state index in [4.69, 9.17) is 10.5 Å². The van der Waals surface area contributed by atoms with Gasteiger partial charge >= 0.3 is 0 Å². The third-order valence-electron chi connectivity index (χ3n) is 3.29. The van der Waals surface area contributed by atoms with E-state index in [1.54, 1.807) is 7.11 Å². The second kappa shape index (κ2) is 4.81. The van der Waals surface area contributed by atoms with E-state index < -0.39 is 0 Å². The molecule has 100 valence electrons. The van der Waals surface area contributed by atoms with Crippen molar-refractivity contribution in [1.82, 2.24) is 9.97 Å². The van der Waals surface area contributed by atoms with Crippen LogP contribution in [-0.4, -0.2) is 17.1 Å².